The first-order valence-corrected chi connectivity index (χ1v) is 9.89. The van der Waals surface area contributed by atoms with E-state index in [2.05, 4.69) is 19.2 Å². The first-order valence-electron chi connectivity index (χ1n) is 9.89. The number of rotatable bonds is 8. The van der Waals surface area contributed by atoms with Gasteiger partial charge in [-0.1, -0.05) is 32.8 Å². The summed E-state index contributed by atoms with van der Waals surface area (Å²) in [5.74, 6) is 0.0671. The van der Waals surface area contributed by atoms with Crippen LogP contribution in [0.25, 0.3) is 0 Å². The predicted octanol–water partition coefficient (Wildman–Crippen LogP) is 1.90. The van der Waals surface area contributed by atoms with Crippen molar-refractivity contribution in [3.63, 3.8) is 0 Å². The van der Waals surface area contributed by atoms with Gasteiger partial charge < -0.3 is 24.5 Å². The van der Waals surface area contributed by atoms with Gasteiger partial charge in [0.25, 0.3) is 5.91 Å². The molecule has 0 radical (unpaired) electrons. The van der Waals surface area contributed by atoms with Crippen molar-refractivity contribution < 1.29 is 23.9 Å². The third-order valence-corrected chi connectivity index (χ3v) is 5.60. The van der Waals surface area contributed by atoms with Crippen molar-refractivity contribution in [2.45, 2.75) is 65.2 Å². The van der Waals surface area contributed by atoms with Crippen molar-refractivity contribution in [3.05, 3.63) is 28.8 Å². The van der Waals surface area contributed by atoms with Crippen LogP contribution in [-0.2, 0) is 20.7 Å². The lowest BCUT2D eigenvalue weighted by atomic mass is 9.75. The van der Waals surface area contributed by atoms with Crippen molar-refractivity contribution in [3.8, 4) is 0 Å². The predicted molar refractivity (Wildman–Crippen MR) is 104 cm³/mol. The van der Waals surface area contributed by atoms with Gasteiger partial charge in [-0.2, -0.15) is 0 Å². The highest BCUT2D eigenvalue weighted by Crippen LogP contribution is 2.21. The molecule has 1 heterocycles. The smallest absolute Gasteiger partial charge is 0.423 e. The van der Waals surface area contributed by atoms with Crippen LogP contribution in [0, 0.1) is 12.8 Å². The van der Waals surface area contributed by atoms with E-state index in [4.69, 9.17) is 14.1 Å². The Balaban J connectivity index is 1.56. The number of carbonyl (C=O) groups excluding carboxylic acids is 1. The lowest BCUT2D eigenvalue weighted by Gasteiger charge is -2.23. The van der Waals surface area contributed by atoms with Crippen LogP contribution in [0.4, 0.5) is 0 Å². The molecule has 1 saturated carbocycles. The molecular formula is C20H30BNO5. The minimum absolute atomic E-state index is 0.112. The lowest BCUT2D eigenvalue weighted by Crippen LogP contribution is -2.43. The van der Waals surface area contributed by atoms with Gasteiger partial charge in [-0.25, -0.2) is 0 Å². The van der Waals surface area contributed by atoms with E-state index >= 15 is 0 Å². The van der Waals surface area contributed by atoms with E-state index in [1.54, 1.807) is 6.07 Å². The molecule has 0 saturated heterocycles. The van der Waals surface area contributed by atoms with Crippen LogP contribution in [0.3, 0.4) is 0 Å². The zero-order valence-electron chi connectivity index (χ0n) is 16.5. The molecule has 148 valence electrons. The van der Waals surface area contributed by atoms with Gasteiger partial charge in [-0.05, 0) is 48.3 Å². The summed E-state index contributed by atoms with van der Waals surface area (Å²) in [5.41, 5.74) is 2.98. The van der Waals surface area contributed by atoms with Gasteiger partial charge in [0.05, 0.1) is 25.4 Å². The Labute approximate surface area is 161 Å². The highest BCUT2D eigenvalue weighted by Gasteiger charge is 2.31. The maximum atomic E-state index is 12.8. The number of fused-ring (bicyclic) bond motifs is 1. The van der Waals surface area contributed by atoms with E-state index in [-0.39, 0.29) is 24.7 Å². The van der Waals surface area contributed by atoms with E-state index in [0.717, 1.165) is 24.0 Å². The molecule has 6 nitrogen and oxygen atoms in total. The zero-order chi connectivity index (χ0) is 19.4. The molecule has 2 N–H and O–H groups in total. The lowest BCUT2D eigenvalue weighted by molar-refractivity contribution is -0.0930. The van der Waals surface area contributed by atoms with E-state index < -0.39 is 7.12 Å². The number of hydrogen-bond donors (Lipinski definition) is 2. The van der Waals surface area contributed by atoms with Crippen LogP contribution in [0.15, 0.2) is 12.1 Å². The molecule has 7 heteroatoms. The average Bonchev–Trinajstić information content (AvgIpc) is 3.27. The highest BCUT2D eigenvalue weighted by molar-refractivity contribution is 6.62. The molecule has 1 atom stereocenters. The van der Waals surface area contributed by atoms with Crippen molar-refractivity contribution in [2.24, 2.45) is 5.92 Å². The molecule has 2 aliphatic rings. The van der Waals surface area contributed by atoms with Crippen molar-refractivity contribution in [2.75, 3.05) is 13.4 Å². The number of carbonyl (C=O) groups is 1. The maximum absolute atomic E-state index is 12.8. The molecule has 1 aromatic rings. The summed E-state index contributed by atoms with van der Waals surface area (Å²) in [6.07, 6.45) is 5.01. The third-order valence-electron chi connectivity index (χ3n) is 5.60. The van der Waals surface area contributed by atoms with E-state index in [9.17, 15) is 9.82 Å². The summed E-state index contributed by atoms with van der Waals surface area (Å²) in [5, 5.41) is 13.0. The molecular weight excluding hydrogens is 345 g/mol. The average molecular weight is 375 g/mol. The largest absolute Gasteiger partial charge is 0.492 e. The number of benzene rings is 1. The highest BCUT2D eigenvalue weighted by atomic mass is 16.7. The zero-order valence-corrected chi connectivity index (χ0v) is 16.5. The van der Waals surface area contributed by atoms with Crippen LogP contribution in [-0.4, -0.2) is 43.6 Å². The molecule has 1 aromatic carbocycles. The molecule has 0 bridgehead atoms. The monoisotopic (exact) mass is 375 g/mol. The maximum Gasteiger partial charge on any atom is 0.492 e. The van der Waals surface area contributed by atoms with Crippen LogP contribution < -0.4 is 10.8 Å². The van der Waals surface area contributed by atoms with Crippen LogP contribution in [0.5, 0.6) is 0 Å². The fourth-order valence-electron chi connectivity index (χ4n) is 3.77. The molecule has 1 aliphatic heterocycles. The fraction of sp³-hybridized carbons (Fsp3) is 0.650. The molecule has 1 fully saturated rings. The molecule has 0 aromatic heterocycles. The summed E-state index contributed by atoms with van der Waals surface area (Å²) < 4.78 is 16.7. The van der Waals surface area contributed by atoms with E-state index in [1.165, 1.54) is 12.8 Å². The van der Waals surface area contributed by atoms with Gasteiger partial charge in [0.15, 0.2) is 0 Å². The molecule has 0 unspecified atom stereocenters. The number of ether oxygens (including phenoxy) is 2. The number of amides is 1. The minimum atomic E-state index is -0.954. The van der Waals surface area contributed by atoms with Crippen LogP contribution in [0.2, 0.25) is 0 Å². The first kappa shape index (κ1) is 20.3. The Morgan fingerprint density at radius 1 is 1.37 bits per heavy atom. The second-order valence-corrected chi connectivity index (χ2v) is 7.86. The van der Waals surface area contributed by atoms with Gasteiger partial charge in [-0.15, -0.1) is 0 Å². The normalized spacial score (nSPS) is 18.2. The second kappa shape index (κ2) is 9.19. The van der Waals surface area contributed by atoms with Crippen LogP contribution in [0.1, 0.15) is 61.0 Å². The SMILES string of the molecule is Cc1c(C(=O)N[C@H](COCOC2CCCC2)C(C)C)ccc2c1B(O)OC2. The van der Waals surface area contributed by atoms with E-state index in [1.807, 2.05) is 13.0 Å². The molecule has 27 heavy (non-hydrogen) atoms. The Morgan fingerprint density at radius 3 is 2.81 bits per heavy atom. The first-order chi connectivity index (χ1) is 13.0. The minimum Gasteiger partial charge on any atom is -0.423 e. The van der Waals surface area contributed by atoms with Crippen molar-refractivity contribution in [1.29, 1.82) is 0 Å². The Morgan fingerprint density at radius 2 is 2.11 bits per heavy atom. The van der Waals surface area contributed by atoms with Gasteiger partial charge in [0.1, 0.15) is 6.79 Å². The quantitative estimate of drug-likeness (QED) is 0.412. The summed E-state index contributed by atoms with van der Waals surface area (Å²) in [7, 11) is -0.954. The Kier molecular flexibility index (Phi) is 6.92. The summed E-state index contributed by atoms with van der Waals surface area (Å²) in [4.78, 5) is 12.8. The summed E-state index contributed by atoms with van der Waals surface area (Å²) >= 11 is 0. The number of hydrogen-bond acceptors (Lipinski definition) is 5. The summed E-state index contributed by atoms with van der Waals surface area (Å²) in [6.45, 7) is 7.01. The van der Waals surface area contributed by atoms with Crippen molar-refractivity contribution >= 4 is 18.5 Å². The Bertz CT molecular complexity index is 660. The third kappa shape index (κ3) is 4.91. The molecule has 3 rings (SSSR count). The van der Waals surface area contributed by atoms with Gasteiger partial charge in [0, 0.05) is 5.56 Å². The number of nitrogens with one attached hydrogen (secondary N) is 1. The molecule has 1 aliphatic carbocycles. The second-order valence-electron chi connectivity index (χ2n) is 7.86. The van der Waals surface area contributed by atoms with Gasteiger partial charge in [0.2, 0.25) is 0 Å². The topological polar surface area (TPSA) is 77.0 Å². The van der Waals surface area contributed by atoms with Gasteiger partial charge in [-0.3, -0.25) is 4.79 Å². The van der Waals surface area contributed by atoms with Crippen LogP contribution >= 0.6 is 0 Å². The standard InChI is InChI=1S/C20H30BNO5/c1-13(2)18(11-25-12-26-16-6-4-5-7-16)22-20(23)17-9-8-15-10-27-21(24)19(15)14(17)3/h8-9,13,16,18,24H,4-7,10-12H2,1-3H3,(H,22,23)/t18-/m1/s1. The fourth-order valence-corrected chi connectivity index (χ4v) is 3.77. The van der Waals surface area contributed by atoms with Crippen molar-refractivity contribution in [1.82, 2.24) is 5.32 Å². The molecule has 0 spiro atoms. The molecule has 1 amide bonds. The van der Waals surface area contributed by atoms with E-state index in [0.29, 0.717) is 30.3 Å². The summed E-state index contributed by atoms with van der Waals surface area (Å²) in [6, 6.07) is 3.54. The Hall–Kier alpha value is -1.41. The van der Waals surface area contributed by atoms with Gasteiger partial charge >= 0.3 is 7.12 Å².